The van der Waals surface area contributed by atoms with Crippen LogP contribution in [0.1, 0.15) is 38.5 Å². The molecule has 0 spiro atoms. The summed E-state index contributed by atoms with van der Waals surface area (Å²) < 4.78 is 0. The lowest BCUT2D eigenvalue weighted by Gasteiger charge is -2.27. The molecule has 0 heterocycles. The van der Waals surface area contributed by atoms with Crippen LogP contribution in [-0.4, -0.2) is 43.6 Å². The van der Waals surface area contributed by atoms with E-state index >= 15 is 0 Å². The lowest BCUT2D eigenvalue weighted by Crippen LogP contribution is -2.43. The summed E-state index contributed by atoms with van der Waals surface area (Å²) in [5.41, 5.74) is -0.883. The molecule has 0 saturated heterocycles. The van der Waals surface area contributed by atoms with Crippen molar-refractivity contribution in [3.8, 4) is 0 Å². The average molecular weight is 234 g/mol. The molecule has 0 aromatic rings. The Morgan fingerprint density at radius 2 is 1.75 bits per heavy atom. The summed E-state index contributed by atoms with van der Waals surface area (Å²) in [7, 11) is 0. The number of carbonyl (C=O) groups is 1. The SMILES string of the molecule is O=C(O)C1(CCC(O)C(O)(O)O)CCCC1. The number of aliphatic carboxylic acids is 1. The van der Waals surface area contributed by atoms with Crippen LogP contribution in [0.15, 0.2) is 0 Å². The summed E-state index contributed by atoms with van der Waals surface area (Å²) in [4.78, 5) is 11.1. The third-order valence-electron chi connectivity index (χ3n) is 3.36. The standard InChI is InChI=1S/C10H18O6/c11-7(10(14,15)16)3-6-9(8(12)13)4-1-2-5-9/h7,11,14-16H,1-6H2,(H,12,13). The van der Waals surface area contributed by atoms with Gasteiger partial charge in [-0.1, -0.05) is 12.8 Å². The molecule has 5 N–H and O–H groups in total. The molecule has 6 nitrogen and oxygen atoms in total. The molecule has 1 saturated carbocycles. The topological polar surface area (TPSA) is 118 Å². The Morgan fingerprint density at radius 1 is 1.25 bits per heavy atom. The number of carboxylic acid groups (broad SMARTS) is 1. The third-order valence-corrected chi connectivity index (χ3v) is 3.36. The summed E-state index contributed by atoms with van der Waals surface area (Å²) in [5.74, 6) is -4.07. The Balaban J connectivity index is 2.55. The lowest BCUT2D eigenvalue weighted by atomic mass is 9.80. The van der Waals surface area contributed by atoms with Gasteiger partial charge in [-0.05, 0) is 25.7 Å². The minimum Gasteiger partial charge on any atom is -0.481 e. The van der Waals surface area contributed by atoms with Crippen LogP contribution >= 0.6 is 0 Å². The second-order valence-electron chi connectivity index (χ2n) is 4.53. The quantitative estimate of drug-likeness (QED) is 0.405. The Hall–Kier alpha value is -0.690. The summed E-state index contributed by atoms with van der Waals surface area (Å²) in [5, 5.41) is 44.4. The van der Waals surface area contributed by atoms with Gasteiger partial charge in [-0.2, -0.15) is 0 Å². The largest absolute Gasteiger partial charge is 0.481 e. The number of aliphatic hydroxyl groups excluding tert-OH is 1. The Kier molecular flexibility index (Phi) is 3.90. The van der Waals surface area contributed by atoms with E-state index in [0.717, 1.165) is 12.8 Å². The zero-order valence-corrected chi connectivity index (χ0v) is 8.96. The minimum atomic E-state index is -3.15. The first-order valence-electron chi connectivity index (χ1n) is 5.36. The number of carboxylic acids is 1. The fourth-order valence-electron chi connectivity index (χ4n) is 2.23. The van der Waals surface area contributed by atoms with Crippen molar-refractivity contribution >= 4 is 5.97 Å². The van der Waals surface area contributed by atoms with Crippen molar-refractivity contribution in [3.05, 3.63) is 0 Å². The van der Waals surface area contributed by atoms with Gasteiger partial charge in [-0.25, -0.2) is 0 Å². The average Bonchev–Trinajstić information content (AvgIpc) is 2.62. The smallest absolute Gasteiger partial charge is 0.309 e. The normalized spacial score (nSPS) is 22.0. The molecule has 0 amide bonds. The van der Waals surface area contributed by atoms with Gasteiger partial charge >= 0.3 is 11.9 Å². The summed E-state index contributed by atoms with van der Waals surface area (Å²) in [6, 6.07) is 0. The molecule has 1 rings (SSSR count). The van der Waals surface area contributed by atoms with Crippen LogP contribution in [0.5, 0.6) is 0 Å². The first-order valence-corrected chi connectivity index (χ1v) is 5.36. The zero-order valence-electron chi connectivity index (χ0n) is 8.96. The van der Waals surface area contributed by atoms with Crippen LogP contribution in [0.25, 0.3) is 0 Å². The van der Waals surface area contributed by atoms with Crippen LogP contribution in [0, 0.1) is 5.41 Å². The number of aliphatic hydroxyl groups is 4. The summed E-state index contributed by atoms with van der Waals surface area (Å²) in [6.45, 7) is 0. The molecule has 1 aliphatic carbocycles. The van der Waals surface area contributed by atoms with Crippen LogP contribution in [0.3, 0.4) is 0 Å². The van der Waals surface area contributed by atoms with Crippen molar-refractivity contribution in [2.45, 2.75) is 50.6 Å². The lowest BCUT2D eigenvalue weighted by molar-refractivity contribution is -0.356. The highest BCUT2D eigenvalue weighted by Crippen LogP contribution is 2.42. The van der Waals surface area contributed by atoms with Crippen LogP contribution in [0.2, 0.25) is 0 Å². The first kappa shape index (κ1) is 13.4. The predicted molar refractivity (Wildman–Crippen MR) is 53.2 cm³/mol. The molecule has 0 bridgehead atoms. The van der Waals surface area contributed by atoms with E-state index in [1.807, 2.05) is 0 Å². The molecule has 1 aliphatic rings. The third kappa shape index (κ3) is 2.91. The maximum absolute atomic E-state index is 11.1. The van der Waals surface area contributed by atoms with Gasteiger partial charge in [0, 0.05) is 0 Å². The van der Waals surface area contributed by atoms with E-state index in [9.17, 15) is 9.90 Å². The van der Waals surface area contributed by atoms with E-state index < -0.39 is 23.5 Å². The van der Waals surface area contributed by atoms with Gasteiger partial charge in [0.15, 0.2) is 0 Å². The van der Waals surface area contributed by atoms with Crippen LogP contribution < -0.4 is 0 Å². The molecule has 0 aromatic heterocycles. The van der Waals surface area contributed by atoms with Crippen LogP contribution in [0.4, 0.5) is 0 Å². The van der Waals surface area contributed by atoms with E-state index in [1.165, 1.54) is 0 Å². The second kappa shape index (κ2) is 4.67. The first-order chi connectivity index (χ1) is 7.28. The maximum Gasteiger partial charge on any atom is 0.309 e. The molecule has 0 aliphatic heterocycles. The van der Waals surface area contributed by atoms with Gasteiger partial charge in [-0.15, -0.1) is 0 Å². The van der Waals surface area contributed by atoms with Gasteiger partial charge in [0.05, 0.1) is 5.41 Å². The van der Waals surface area contributed by atoms with E-state index in [0.29, 0.717) is 12.8 Å². The number of hydrogen-bond acceptors (Lipinski definition) is 5. The van der Waals surface area contributed by atoms with Crippen molar-refractivity contribution in [1.82, 2.24) is 0 Å². The molecule has 1 fully saturated rings. The summed E-state index contributed by atoms with van der Waals surface area (Å²) >= 11 is 0. The van der Waals surface area contributed by atoms with E-state index in [-0.39, 0.29) is 12.8 Å². The van der Waals surface area contributed by atoms with Crippen molar-refractivity contribution in [1.29, 1.82) is 0 Å². The van der Waals surface area contributed by atoms with Crippen molar-refractivity contribution in [2.75, 3.05) is 0 Å². The molecule has 94 valence electrons. The fourth-order valence-corrected chi connectivity index (χ4v) is 2.23. The van der Waals surface area contributed by atoms with Gasteiger partial charge in [0.2, 0.25) is 0 Å². The highest BCUT2D eigenvalue weighted by atomic mass is 16.7. The van der Waals surface area contributed by atoms with Gasteiger partial charge < -0.3 is 25.5 Å². The second-order valence-corrected chi connectivity index (χ2v) is 4.53. The number of hydrogen-bond donors (Lipinski definition) is 5. The molecule has 0 radical (unpaired) electrons. The van der Waals surface area contributed by atoms with Crippen molar-refractivity contribution < 1.29 is 30.3 Å². The zero-order chi connectivity index (χ0) is 12.4. The van der Waals surface area contributed by atoms with E-state index in [1.54, 1.807) is 0 Å². The van der Waals surface area contributed by atoms with Gasteiger partial charge in [0.25, 0.3) is 0 Å². The number of rotatable bonds is 5. The van der Waals surface area contributed by atoms with E-state index in [4.69, 9.17) is 20.4 Å². The monoisotopic (exact) mass is 234 g/mol. The van der Waals surface area contributed by atoms with Gasteiger partial charge in [0.1, 0.15) is 6.10 Å². The highest BCUT2D eigenvalue weighted by Gasteiger charge is 2.42. The Bertz CT molecular complexity index is 251. The minimum absolute atomic E-state index is 0.132. The van der Waals surface area contributed by atoms with Crippen molar-refractivity contribution in [3.63, 3.8) is 0 Å². The molecule has 0 aromatic carbocycles. The predicted octanol–water partition coefficient (Wildman–Crippen LogP) is -0.597. The maximum atomic E-state index is 11.1. The van der Waals surface area contributed by atoms with Crippen LogP contribution in [-0.2, 0) is 4.79 Å². The molecule has 1 unspecified atom stereocenters. The molecule has 6 heteroatoms. The molecular formula is C10H18O6. The van der Waals surface area contributed by atoms with Crippen molar-refractivity contribution in [2.24, 2.45) is 5.41 Å². The highest BCUT2D eigenvalue weighted by molar-refractivity contribution is 5.74. The molecule has 1 atom stereocenters. The Morgan fingerprint density at radius 3 is 2.12 bits per heavy atom. The van der Waals surface area contributed by atoms with E-state index in [2.05, 4.69) is 0 Å². The fraction of sp³-hybridized carbons (Fsp3) is 0.900. The molecule has 16 heavy (non-hydrogen) atoms. The Labute approximate surface area is 93.2 Å². The van der Waals surface area contributed by atoms with Gasteiger partial charge in [-0.3, -0.25) is 4.79 Å². The summed E-state index contributed by atoms with van der Waals surface area (Å²) in [6.07, 6.45) is 0.942. The molecular weight excluding hydrogens is 216 g/mol.